The zero-order chi connectivity index (χ0) is 14.7. The molecule has 1 N–H and O–H groups in total. The van der Waals surface area contributed by atoms with Gasteiger partial charge in [0.1, 0.15) is 16.6 Å². The Bertz CT molecular complexity index is 774. The van der Waals surface area contributed by atoms with E-state index < -0.39 is 0 Å². The Labute approximate surface area is 128 Å². The van der Waals surface area contributed by atoms with E-state index in [1.165, 1.54) is 11.0 Å². The number of anilines is 1. The average Bonchev–Trinajstić information content (AvgIpc) is 3.02. The first-order valence-corrected chi connectivity index (χ1v) is 6.79. The summed E-state index contributed by atoms with van der Waals surface area (Å²) < 4.78 is 2.12. The quantitative estimate of drug-likeness (QED) is 0.735. The predicted molar refractivity (Wildman–Crippen MR) is 79.0 cm³/mol. The largest absolute Gasteiger partial charge is 0.321 e. The molecule has 21 heavy (non-hydrogen) atoms. The normalized spacial score (nSPS) is 10.3. The molecule has 1 aromatic carbocycles. The van der Waals surface area contributed by atoms with Gasteiger partial charge in [0.25, 0.3) is 5.91 Å². The lowest BCUT2D eigenvalue weighted by atomic mass is 10.2. The summed E-state index contributed by atoms with van der Waals surface area (Å²) in [6.07, 6.45) is 1.48. The number of carbonyl (C=O) groups excluding carboxylic acids is 1. The third-order valence-corrected chi connectivity index (χ3v) is 3.11. The van der Waals surface area contributed by atoms with E-state index in [-0.39, 0.29) is 5.91 Å². The SMILES string of the molecule is O=C(Nc1cccc(-n2cnnn2)c1)c1cccc(Br)n1. The Kier molecular flexibility index (Phi) is 3.69. The molecule has 2 aromatic heterocycles. The molecule has 0 saturated carbocycles. The van der Waals surface area contributed by atoms with Gasteiger partial charge in [0.2, 0.25) is 0 Å². The first kappa shape index (κ1) is 13.4. The summed E-state index contributed by atoms with van der Waals surface area (Å²) in [4.78, 5) is 16.2. The Balaban J connectivity index is 1.82. The monoisotopic (exact) mass is 344 g/mol. The van der Waals surface area contributed by atoms with Crippen molar-refractivity contribution in [2.45, 2.75) is 0 Å². The van der Waals surface area contributed by atoms with Gasteiger partial charge >= 0.3 is 0 Å². The van der Waals surface area contributed by atoms with Crippen LogP contribution in [0.5, 0.6) is 0 Å². The standard InChI is InChI=1S/C13H9BrN6O/c14-12-6-2-5-11(17-12)13(21)16-9-3-1-4-10(7-9)20-8-15-18-19-20/h1-8H,(H,16,21). The number of hydrogen-bond acceptors (Lipinski definition) is 5. The second kappa shape index (κ2) is 5.80. The van der Waals surface area contributed by atoms with Crippen LogP contribution in [0.2, 0.25) is 0 Å². The molecule has 0 bridgehead atoms. The molecule has 8 heteroatoms. The molecule has 0 radical (unpaired) electrons. The van der Waals surface area contributed by atoms with E-state index in [0.29, 0.717) is 16.0 Å². The molecule has 1 amide bonds. The van der Waals surface area contributed by atoms with Gasteiger partial charge in [-0.05, 0) is 56.7 Å². The van der Waals surface area contributed by atoms with Crippen molar-refractivity contribution in [2.75, 3.05) is 5.32 Å². The highest BCUT2D eigenvalue weighted by Gasteiger charge is 2.08. The van der Waals surface area contributed by atoms with Crippen molar-refractivity contribution in [3.8, 4) is 5.69 Å². The van der Waals surface area contributed by atoms with Gasteiger partial charge in [0.05, 0.1) is 5.69 Å². The van der Waals surface area contributed by atoms with Gasteiger partial charge in [-0.2, -0.15) is 0 Å². The summed E-state index contributed by atoms with van der Waals surface area (Å²) >= 11 is 3.24. The van der Waals surface area contributed by atoms with Gasteiger partial charge < -0.3 is 5.32 Å². The summed E-state index contributed by atoms with van der Waals surface area (Å²) in [7, 11) is 0. The van der Waals surface area contributed by atoms with Gasteiger partial charge in [-0.1, -0.05) is 12.1 Å². The van der Waals surface area contributed by atoms with Gasteiger partial charge in [-0.15, -0.1) is 5.10 Å². The van der Waals surface area contributed by atoms with Crippen LogP contribution >= 0.6 is 15.9 Å². The Hall–Kier alpha value is -2.61. The van der Waals surface area contributed by atoms with Crippen LogP contribution < -0.4 is 5.32 Å². The van der Waals surface area contributed by atoms with Crippen molar-refractivity contribution in [3.05, 3.63) is 59.1 Å². The summed E-state index contributed by atoms with van der Waals surface area (Å²) in [5, 5.41) is 13.7. The third kappa shape index (κ3) is 3.11. The van der Waals surface area contributed by atoms with Crippen LogP contribution in [0, 0.1) is 0 Å². The van der Waals surface area contributed by atoms with Gasteiger partial charge in [-0.3, -0.25) is 4.79 Å². The molecule has 0 spiro atoms. The van der Waals surface area contributed by atoms with Crippen molar-refractivity contribution in [1.82, 2.24) is 25.2 Å². The molecule has 104 valence electrons. The molecule has 0 unspecified atom stereocenters. The maximum absolute atomic E-state index is 12.1. The van der Waals surface area contributed by atoms with E-state index in [9.17, 15) is 4.79 Å². The van der Waals surface area contributed by atoms with Gasteiger partial charge in [0, 0.05) is 5.69 Å². The summed E-state index contributed by atoms with van der Waals surface area (Å²) in [6, 6.07) is 12.4. The lowest BCUT2D eigenvalue weighted by Gasteiger charge is -2.06. The van der Waals surface area contributed by atoms with Crippen LogP contribution in [0.15, 0.2) is 53.4 Å². The second-order valence-corrected chi connectivity index (χ2v) is 4.92. The molecule has 0 aliphatic rings. The van der Waals surface area contributed by atoms with E-state index in [1.807, 2.05) is 6.07 Å². The Morgan fingerprint density at radius 1 is 1.19 bits per heavy atom. The number of carbonyl (C=O) groups is 1. The lowest BCUT2D eigenvalue weighted by Crippen LogP contribution is -2.13. The Morgan fingerprint density at radius 3 is 2.81 bits per heavy atom. The predicted octanol–water partition coefficient (Wildman–Crippen LogP) is 2.07. The highest BCUT2D eigenvalue weighted by Crippen LogP contribution is 2.15. The molecule has 3 aromatic rings. The van der Waals surface area contributed by atoms with E-state index in [1.54, 1.807) is 36.4 Å². The maximum atomic E-state index is 12.1. The minimum Gasteiger partial charge on any atom is -0.321 e. The van der Waals surface area contributed by atoms with Crippen LogP contribution in [0.25, 0.3) is 5.69 Å². The van der Waals surface area contributed by atoms with Crippen LogP contribution in [0.1, 0.15) is 10.5 Å². The number of halogens is 1. The van der Waals surface area contributed by atoms with Crippen LogP contribution in [-0.4, -0.2) is 31.1 Å². The topological polar surface area (TPSA) is 85.6 Å². The summed E-state index contributed by atoms with van der Waals surface area (Å²) in [5.74, 6) is -0.287. The zero-order valence-electron chi connectivity index (χ0n) is 10.6. The molecule has 0 aliphatic heterocycles. The number of rotatable bonds is 3. The Morgan fingerprint density at radius 2 is 2.05 bits per heavy atom. The van der Waals surface area contributed by atoms with E-state index in [0.717, 1.165) is 5.69 Å². The minimum atomic E-state index is -0.287. The van der Waals surface area contributed by atoms with Crippen molar-refractivity contribution in [1.29, 1.82) is 0 Å². The molecule has 0 saturated heterocycles. The lowest BCUT2D eigenvalue weighted by molar-refractivity contribution is 0.102. The molecular weight excluding hydrogens is 336 g/mol. The minimum absolute atomic E-state index is 0.287. The molecular formula is C13H9BrN6O. The molecule has 2 heterocycles. The second-order valence-electron chi connectivity index (χ2n) is 4.10. The average molecular weight is 345 g/mol. The molecule has 0 fully saturated rings. The number of pyridine rings is 1. The van der Waals surface area contributed by atoms with E-state index >= 15 is 0 Å². The number of aromatic nitrogens is 5. The van der Waals surface area contributed by atoms with Crippen molar-refractivity contribution in [3.63, 3.8) is 0 Å². The molecule has 3 rings (SSSR count). The highest BCUT2D eigenvalue weighted by molar-refractivity contribution is 9.10. The van der Waals surface area contributed by atoms with Gasteiger partial charge in [-0.25, -0.2) is 9.67 Å². The molecule has 7 nitrogen and oxygen atoms in total. The molecule has 0 atom stereocenters. The van der Waals surface area contributed by atoms with Crippen LogP contribution in [0.4, 0.5) is 5.69 Å². The fourth-order valence-electron chi connectivity index (χ4n) is 1.74. The van der Waals surface area contributed by atoms with Crippen LogP contribution in [-0.2, 0) is 0 Å². The van der Waals surface area contributed by atoms with Crippen molar-refractivity contribution in [2.24, 2.45) is 0 Å². The fourth-order valence-corrected chi connectivity index (χ4v) is 2.08. The van der Waals surface area contributed by atoms with Crippen molar-refractivity contribution >= 4 is 27.5 Å². The highest BCUT2D eigenvalue weighted by atomic mass is 79.9. The zero-order valence-corrected chi connectivity index (χ0v) is 12.2. The number of amides is 1. The maximum Gasteiger partial charge on any atom is 0.274 e. The van der Waals surface area contributed by atoms with Gasteiger partial charge in [0.15, 0.2) is 0 Å². The summed E-state index contributed by atoms with van der Waals surface area (Å²) in [5.41, 5.74) is 1.71. The number of hydrogen-bond donors (Lipinski definition) is 1. The van der Waals surface area contributed by atoms with E-state index in [2.05, 4.69) is 41.8 Å². The smallest absolute Gasteiger partial charge is 0.274 e. The number of nitrogens with one attached hydrogen (secondary N) is 1. The van der Waals surface area contributed by atoms with E-state index in [4.69, 9.17) is 0 Å². The first-order chi connectivity index (χ1) is 10.2. The molecule has 0 aliphatic carbocycles. The third-order valence-electron chi connectivity index (χ3n) is 2.67. The van der Waals surface area contributed by atoms with Crippen molar-refractivity contribution < 1.29 is 4.79 Å². The number of benzene rings is 1. The number of nitrogens with zero attached hydrogens (tertiary/aromatic N) is 5. The fraction of sp³-hybridized carbons (Fsp3) is 0. The van der Waals surface area contributed by atoms with Crippen LogP contribution in [0.3, 0.4) is 0 Å². The first-order valence-electron chi connectivity index (χ1n) is 6.00. The number of tetrazole rings is 1. The summed E-state index contributed by atoms with van der Waals surface area (Å²) in [6.45, 7) is 0.